The third-order valence-corrected chi connectivity index (χ3v) is 4.75. The number of aliphatic carboxylic acids is 1. The van der Waals surface area contributed by atoms with Crippen molar-refractivity contribution >= 4 is 16.9 Å². The van der Waals surface area contributed by atoms with Crippen molar-refractivity contribution in [3.63, 3.8) is 0 Å². The quantitative estimate of drug-likeness (QED) is 0.377. The fraction of sp³-hybridized carbons (Fsp3) is 0.217. The zero-order valence-electron chi connectivity index (χ0n) is 18.0. The first-order valence-electron chi connectivity index (χ1n) is 9.79. The van der Waals surface area contributed by atoms with Gasteiger partial charge in [-0.2, -0.15) is 10.2 Å². The van der Waals surface area contributed by atoms with Crippen LogP contribution in [0, 0.1) is 11.3 Å². The number of aromatic nitrogens is 3. The van der Waals surface area contributed by atoms with Crippen molar-refractivity contribution in [3.8, 4) is 34.7 Å². The first-order valence-corrected chi connectivity index (χ1v) is 9.79. The van der Waals surface area contributed by atoms with Crippen LogP contribution in [0.25, 0.3) is 33.7 Å². The molecule has 0 atom stereocenters. The smallest absolute Gasteiger partial charge is 0.550 e. The van der Waals surface area contributed by atoms with Gasteiger partial charge in [-0.05, 0) is 44.2 Å². The van der Waals surface area contributed by atoms with Crippen LogP contribution in [-0.2, 0) is 11.3 Å². The fourth-order valence-electron chi connectivity index (χ4n) is 3.38. The van der Waals surface area contributed by atoms with Gasteiger partial charge in [0.25, 0.3) is 5.89 Å². The Balaban J connectivity index is 0.00000289. The van der Waals surface area contributed by atoms with E-state index in [-0.39, 0.29) is 48.0 Å². The van der Waals surface area contributed by atoms with Gasteiger partial charge in [0.1, 0.15) is 11.8 Å². The van der Waals surface area contributed by atoms with E-state index in [0.29, 0.717) is 29.2 Å². The number of ether oxygens (including phenoxy) is 1. The summed E-state index contributed by atoms with van der Waals surface area (Å²) >= 11 is 0. The number of rotatable bonds is 7. The van der Waals surface area contributed by atoms with Crippen molar-refractivity contribution in [2.45, 2.75) is 32.9 Å². The summed E-state index contributed by atoms with van der Waals surface area (Å²) in [5.74, 6) is 0.0984. The number of carbonyl (C=O) groups excluding carboxylic acids is 1. The van der Waals surface area contributed by atoms with Crippen LogP contribution < -0.4 is 39.4 Å². The van der Waals surface area contributed by atoms with Crippen molar-refractivity contribution in [1.82, 2.24) is 14.7 Å². The molecule has 0 radical (unpaired) electrons. The molecule has 8 nitrogen and oxygen atoms in total. The first-order chi connectivity index (χ1) is 15.0. The van der Waals surface area contributed by atoms with E-state index >= 15 is 0 Å². The molecule has 4 aromatic rings. The van der Waals surface area contributed by atoms with Crippen molar-refractivity contribution in [2.75, 3.05) is 0 Å². The van der Waals surface area contributed by atoms with Crippen LogP contribution in [0.15, 0.2) is 53.2 Å². The average Bonchev–Trinajstić information content (AvgIpc) is 3.39. The second-order valence-corrected chi connectivity index (χ2v) is 7.28. The Kier molecular flexibility index (Phi) is 7.36. The second-order valence-electron chi connectivity index (χ2n) is 7.28. The van der Waals surface area contributed by atoms with E-state index in [1.807, 2.05) is 48.9 Å². The molecule has 0 N–H and O–H groups in total. The largest absolute Gasteiger partial charge is 1.00 e. The molecule has 0 fully saturated rings. The molecule has 156 valence electrons. The molecule has 0 bridgehead atoms. The van der Waals surface area contributed by atoms with Gasteiger partial charge in [-0.25, -0.2) is 0 Å². The Hall–Kier alpha value is -3.12. The molecular weight excluding hydrogens is 419 g/mol. The third-order valence-electron chi connectivity index (χ3n) is 4.75. The van der Waals surface area contributed by atoms with Gasteiger partial charge >= 0.3 is 29.6 Å². The molecule has 0 aliphatic heterocycles. The molecule has 2 aromatic heterocycles. The number of nitriles is 1. The molecule has 32 heavy (non-hydrogen) atoms. The minimum Gasteiger partial charge on any atom is -0.550 e. The molecule has 0 unspecified atom stereocenters. The van der Waals surface area contributed by atoms with Crippen molar-refractivity contribution in [1.29, 1.82) is 5.26 Å². The Morgan fingerprint density at radius 2 is 2.09 bits per heavy atom. The fourth-order valence-corrected chi connectivity index (χ4v) is 3.38. The van der Waals surface area contributed by atoms with Crippen LogP contribution in [0.4, 0.5) is 0 Å². The van der Waals surface area contributed by atoms with Crippen LogP contribution in [0.5, 0.6) is 5.75 Å². The average molecular weight is 438 g/mol. The van der Waals surface area contributed by atoms with E-state index in [2.05, 4.69) is 16.2 Å². The topological polar surface area (TPSA) is 117 Å². The summed E-state index contributed by atoms with van der Waals surface area (Å²) in [6, 6.07) is 14.8. The summed E-state index contributed by atoms with van der Waals surface area (Å²) in [7, 11) is 0. The number of carboxylic acids is 1. The Labute approximate surface area is 206 Å². The van der Waals surface area contributed by atoms with Crippen LogP contribution in [0.3, 0.4) is 0 Å². The number of aryl methyl sites for hydroxylation is 1. The summed E-state index contributed by atoms with van der Waals surface area (Å²) in [5.41, 5.74) is 2.63. The summed E-state index contributed by atoms with van der Waals surface area (Å²) < 4.78 is 13.0. The Morgan fingerprint density at radius 1 is 1.28 bits per heavy atom. The molecule has 0 saturated carbocycles. The number of nitrogens with zero attached hydrogens (tertiary/aromatic N) is 4. The molecule has 0 saturated heterocycles. The van der Waals surface area contributed by atoms with E-state index < -0.39 is 5.97 Å². The Morgan fingerprint density at radius 3 is 2.81 bits per heavy atom. The van der Waals surface area contributed by atoms with Gasteiger partial charge in [-0.1, -0.05) is 17.3 Å². The second kappa shape index (κ2) is 10.0. The predicted molar refractivity (Wildman–Crippen MR) is 111 cm³/mol. The maximum atomic E-state index is 10.8. The van der Waals surface area contributed by atoms with E-state index in [9.17, 15) is 15.2 Å². The molecule has 2 aromatic carbocycles. The maximum Gasteiger partial charge on any atom is 1.00 e. The number of carbonyl (C=O) groups is 1. The van der Waals surface area contributed by atoms with E-state index in [4.69, 9.17) is 9.26 Å². The van der Waals surface area contributed by atoms with Gasteiger partial charge in [0.15, 0.2) is 0 Å². The Bertz CT molecular complexity index is 1300. The summed E-state index contributed by atoms with van der Waals surface area (Å²) in [6.07, 6.45) is 1.70. The predicted octanol–water partition coefficient (Wildman–Crippen LogP) is 0.161. The van der Waals surface area contributed by atoms with Gasteiger partial charge < -0.3 is 23.7 Å². The van der Waals surface area contributed by atoms with Crippen molar-refractivity contribution in [2.24, 2.45) is 0 Å². The zero-order valence-corrected chi connectivity index (χ0v) is 20.0. The number of hydrogen-bond acceptors (Lipinski definition) is 7. The van der Waals surface area contributed by atoms with Crippen LogP contribution in [0.1, 0.15) is 25.8 Å². The number of carboxylic acid groups (broad SMARTS) is 1. The normalized spacial score (nSPS) is 10.7. The molecular formula is C23H19N4NaO4. The minimum atomic E-state index is -1.10. The summed E-state index contributed by atoms with van der Waals surface area (Å²) in [6.45, 7) is 4.10. The van der Waals surface area contributed by atoms with E-state index in [0.717, 1.165) is 16.5 Å². The molecule has 4 rings (SSSR count). The molecule has 0 amide bonds. The molecule has 9 heteroatoms. The van der Waals surface area contributed by atoms with Crippen LogP contribution in [-0.4, -0.2) is 26.8 Å². The zero-order chi connectivity index (χ0) is 22.0. The van der Waals surface area contributed by atoms with Gasteiger partial charge in [-0.3, -0.25) is 0 Å². The first kappa shape index (κ1) is 23.5. The molecule has 0 aliphatic carbocycles. The van der Waals surface area contributed by atoms with Gasteiger partial charge in [0, 0.05) is 47.2 Å². The molecule has 2 heterocycles. The van der Waals surface area contributed by atoms with Gasteiger partial charge in [0.2, 0.25) is 5.82 Å². The minimum absolute atomic E-state index is 0. The van der Waals surface area contributed by atoms with Crippen LogP contribution in [0.2, 0.25) is 0 Å². The van der Waals surface area contributed by atoms with Gasteiger partial charge in [-0.15, -0.1) is 0 Å². The maximum absolute atomic E-state index is 10.8. The number of fused-ring (bicyclic) bond motifs is 1. The molecule has 0 aliphatic rings. The summed E-state index contributed by atoms with van der Waals surface area (Å²) in [5, 5.41) is 25.2. The number of benzene rings is 2. The van der Waals surface area contributed by atoms with E-state index in [1.54, 1.807) is 18.2 Å². The van der Waals surface area contributed by atoms with E-state index in [1.165, 1.54) is 0 Å². The van der Waals surface area contributed by atoms with Gasteiger partial charge in [0.05, 0.1) is 11.7 Å². The third kappa shape index (κ3) is 4.86. The van der Waals surface area contributed by atoms with Crippen LogP contribution >= 0.6 is 0 Å². The molecule has 0 spiro atoms. The standard InChI is InChI=1S/C23H20N4O4.Na/c1-14(2)30-20-7-6-15(12-16(20)13-24)23-25-22(26-31-23)18-4-3-5-19-17(18)8-10-27(19)11-9-21(28)29;/h3-8,10,12,14H,9,11H2,1-2H3,(H,28,29);/q;+1/p-1. The van der Waals surface area contributed by atoms with Crippen molar-refractivity contribution in [3.05, 3.63) is 54.2 Å². The SMILES string of the molecule is CC(C)Oc1ccc(-c2nc(-c3cccc4c3ccn4CCC(=O)[O-])no2)cc1C#N.[Na+]. The summed E-state index contributed by atoms with van der Waals surface area (Å²) in [4.78, 5) is 15.3. The monoisotopic (exact) mass is 438 g/mol. The van der Waals surface area contributed by atoms with Crippen molar-refractivity contribution < 1.29 is 48.7 Å². The number of hydrogen-bond donors (Lipinski definition) is 0.